The summed E-state index contributed by atoms with van der Waals surface area (Å²) in [4.78, 5) is 12.6. The van der Waals surface area contributed by atoms with Crippen LogP contribution in [-0.4, -0.2) is 35.1 Å². The number of anilines is 1. The number of nitrogens with zero attached hydrogens (tertiary/aromatic N) is 4. The first kappa shape index (κ1) is 10.7. The molecule has 1 rings (SSSR count). The van der Waals surface area contributed by atoms with Crippen LogP contribution >= 0.6 is 0 Å². The maximum atomic E-state index is 10.8. The number of aromatic nitrogens is 3. The average molecular weight is 196 g/mol. The Kier molecular flexibility index (Phi) is 2.59. The lowest BCUT2D eigenvalue weighted by molar-refractivity contribution is 0.110. The van der Waals surface area contributed by atoms with Gasteiger partial charge in [-0.1, -0.05) is 0 Å². The lowest BCUT2D eigenvalue weighted by atomic mass is 10.1. The zero-order valence-electron chi connectivity index (χ0n) is 9.27. The van der Waals surface area contributed by atoms with Crippen LogP contribution in [-0.2, 0) is 5.54 Å². The van der Waals surface area contributed by atoms with Gasteiger partial charge in [-0.05, 0) is 20.8 Å². The van der Waals surface area contributed by atoms with Gasteiger partial charge in [0.1, 0.15) is 0 Å². The molecule has 1 heterocycles. The van der Waals surface area contributed by atoms with Gasteiger partial charge in [0.15, 0.2) is 12.1 Å². The standard InChI is InChI=1S/C9H16N4O/c1-9(2,3)13-7(6-14)10-11-8(13)12(4)5/h6H,1-5H3. The summed E-state index contributed by atoms with van der Waals surface area (Å²) in [6.45, 7) is 6.03. The Bertz CT molecular complexity index is 335. The van der Waals surface area contributed by atoms with Crippen molar-refractivity contribution in [2.45, 2.75) is 26.3 Å². The van der Waals surface area contributed by atoms with Gasteiger partial charge in [-0.25, -0.2) is 0 Å². The Morgan fingerprint density at radius 2 is 1.86 bits per heavy atom. The maximum Gasteiger partial charge on any atom is 0.227 e. The molecule has 14 heavy (non-hydrogen) atoms. The Balaban J connectivity index is 3.34. The highest BCUT2D eigenvalue weighted by atomic mass is 16.1. The SMILES string of the molecule is CN(C)c1nnc(C=O)n1C(C)(C)C. The van der Waals surface area contributed by atoms with Crippen molar-refractivity contribution in [2.24, 2.45) is 0 Å². The van der Waals surface area contributed by atoms with Crippen molar-refractivity contribution in [3.05, 3.63) is 5.82 Å². The Morgan fingerprint density at radius 3 is 2.21 bits per heavy atom. The van der Waals surface area contributed by atoms with Crippen LogP contribution in [0.4, 0.5) is 5.95 Å². The van der Waals surface area contributed by atoms with E-state index in [1.165, 1.54) is 0 Å². The highest BCUT2D eigenvalue weighted by Gasteiger charge is 2.23. The molecule has 0 radical (unpaired) electrons. The summed E-state index contributed by atoms with van der Waals surface area (Å²) in [6, 6.07) is 0. The normalized spacial score (nSPS) is 11.5. The fourth-order valence-electron chi connectivity index (χ4n) is 1.30. The smallest absolute Gasteiger partial charge is 0.227 e. The van der Waals surface area contributed by atoms with E-state index in [1.54, 1.807) is 0 Å². The van der Waals surface area contributed by atoms with Crippen molar-refractivity contribution in [3.63, 3.8) is 0 Å². The van der Waals surface area contributed by atoms with Crippen molar-refractivity contribution in [2.75, 3.05) is 19.0 Å². The summed E-state index contributed by atoms with van der Waals surface area (Å²) in [7, 11) is 3.75. The molecule has 0 spiro atoms. The van der Waals surface area contributed by atoms with Gasteiger partial charge in [0.25, 0.3) is 0 Å². The number of carbonyl (C=O) groups excluding carboxylic acids is 1. The second-order valence-electron chi connectivity index (χ2n) is 4.38. The Labute approximate surface area is 83.7 Å². The molecule has 0 bridgehead atoms. The molecule has 0 unspecified atom stereocenters. The summed E-state index contributed by atoms with van der Waals surface area (Å²) in [5.41, 5.74) is -0.195. The van der Waals surface area contributed by atoms with E-state index in [9.17, 15) is 4.79 Å². The summed E-state index contributed by atoms with van der Waals surface area (Å²) in [5.74, 6) is 1.06. The van der Waals surface area contributed by atoms with E-state index in [2.05, 4.69) is 10.2 Å². The van der Waals surface area contributed by atoms with Crippen LogP contribution in [0.5, 0.6) is 0 Å². The molecule has 0 aliphatic carbocycles. The second kappa shape index (κ2) is 3.40. The minimum Gasteiger partial charge on any atom is -0.347 e. The lowest BCUT2D eigenvalue weighted by Gasteiger charge is -2.25. The van der Waals surface area contributed by atoms with Crippen LogP contribution in [0.3, 0.4) is 0 Å². The molecular formula is C9H16N4O. The third-order valence-electron chi connectivity index (χ3n) is 1.85. The number of hydrogen-bond acceptors (Lipinski definition) is 4. The molecular weight excluding hydrogens is 180 g/mol. The van der Waals surface area contributed by atoms with Crippen molar-refractivity contribution in [1.82, 2.24) is 14.8 Å². The number of rotatable bonds is 2. The van der Waals surface area contributed by atoms with E-state index in [0.29, 0.717) is 11.8 Å². The minimum absolute atomic E-state index is 0.195. The molecule has 0 amide bonds. The maximum absolute atomic E-state index is 10.8. The molecule has 0 aromatic carbocycles. The first-order chi connectivity index (χ1) is 6.38. The largest absolute Gasteiger partial charge is 0.347 e. The Morgan fingerprint density at radius 1 is 1.29 bits per heavy atom. The fraction of sp³-hybridized carbons (Fsp3) is 0.667. The van der Waals surface area contributed by atoms with Crippen LogP contribution < -0.4 is 4.90 Å². The van der Waals surface area contributed by atoms with E-state index < -0.39 is 0 Å². The predicted octanol–water partition coefficient (Wildman–Crippen LogP) is 0.912. The molecule has 1 aromatic rings. The van der Waals surface area contributed by atoms with E-state index >= 15 is 0 Å². The van der Waals surface area contributed by atoms with Gasteiger partial charge in [-0.3, -0.25) is 9.36 Å². The summed E-state index contributed by atoms with van der Waals surface area (Å²) >= 11 is 0. The summed E-state index contributed by atoms with van der Waals surface area (Å²) < 4.78 is 1.82. The topological polar surface area (TPSA) is 51.0 Å². The number of hydrogen-bond donors (Lipinski definition) is 0. The zero-order chi connectivity index (χ0) is 10.9. The molecule has 0 saturated carbocycles. The molecule has 0 aliphatic heterocycles. The highest BCUT2D eigenvalue weighted by Crippen LogP contribution is 2.21. The van der Waals surface area contributed by atoms with Crippen molar-refractivity contribution < 1.29 is 4.79 Å². The van der Waals surface area contributed by atoms with E-state index in [-0.39, 0.29) is 5.54 Å². The first-order valence-electron chi connectivity index (χ1n) is 4.46. The van der Waals surface area contributed by atoms with Gasteiger partial charge >= 0.3 is 0 Å². The predicted molar refractivity (Wildman–Crippen MR) is 54.7 cm³/mol. The molecule has 0 atom stereocenters. The van der Waals surface area contributed by atoms with Crippen LogP contribution in [0.2, 0.25) is 0 Å². The molecule has 5 heteroatoms. The van der Waals surface area contributed by atoms with E-state index in [4.69, 9.17) is 0 Å². The number of aldehydes is 1. The van der Waals surface area contributed by atoms with Crippen LogP contribution in [0.25, 0.3) is 0 Å². The van der Waals surface area contributed by atoms with Crippen molar-refractivity contribution in [1.29, 1.82) is 0 Å². The molecule has 78 valence electrons. The summed E-state index contributed by atoms with van der Waals surface area (Å²) in [5, 5.41) is 7.79. The van der Waals surface area contributed by atoms with Gasteiger partial charge in [-0.2, -0.15) is 0 Å². The molecule has 0 aliphatic rings. The molecule has 5 nitrogen and oxygen atoms in total. The zero-order valence-corrected chi connectivity index (χ0v) is 9.27. The van der Waals surface area contributed by atoms with E-state index in [1.807, 2.05) is 44.3 Å². The van der Waals surface area contributed by atoms with E-state index in [0.717, 1.165) is 6.29 Å². The van der Waals surface area contributed by atoms with Crippen LogP contribution in [0, 0.1) is 0 Å². The van der Waals surface area contributed by atoms with Gasteiger partial charge in [0, 0.05) is 19.6 Å². The van der Waals surface area contributed by atoms with Crippen molar-refractivity contribution >= 4 is 12.2 Å². The lowest BCUT2D eigenvalue weighted by Crippen LogP contribution is -2.28. The monoisotopic (exact) mass is 196 g/mol. The van der Waals surface area contributed by atoms with Gasteiger partial charge in [0.2, 0.25) is 5.95 Å². The quantitative estimate of drug-likeness (QED) is 0.660. The number of carbonyl (C=O) groups is 1. The third-order valence-corrected chi connectivity index (χ3v) is 1.85. The van der Waals surface area contributed by atoms with Crippen molar-refractivity contribution in [3.8, 4) is 0 Å². The second-order valence-corrected chi connectivity index (χ2v) is 4.38. The third kappa shape index (κ3) is 1.76. The molecule has 1 aromatic heterocycles. The first-order valence-corrected chi connectivity index (χ1v) is 4.46. The minimum atomic E-state index is -0.195. The van der Waals surface area contributed by atoms with Crippen LogP contribution in [0.15, 0.2) is 0 Å². The van der Waals surface area contributed by atoms with Gasteiger partial charge in [-0.15, -0.1) is 10.2 Å². The fourth-order valence-corrected chi connectivity index (χ4v) is 1.30. The van der Waals surface area contributed by atoms with Gasteiger partial charge < -0.3 is 4.90 Å². The van der Waals surface area contributed by atoms with Gasteiger partial charge in [0.05, 0.1) is 0 Å². The highest BCUT2D eigenvalue weighted by molar-refractivity contribution is 5.70. The average Bonchev–Trinajstić information content (AvgIpc) is 2.45. The molecule has 0 fully saturated rings. The molecule has 0 N–H and O–H groups in total. The Hall–Kier alpha value is -1.39. The van der Waals surface area contributed by atoms with Crippen LogP contribution in [0.1, 0.15) is 31.4 Å². The summed E-state index contributed by atoms with van der Waals surface area (Å²) in [6.07, 6.45) is 0.727. The molecule has 0 saturated heterocycles.